The lowest BCUT2D eigenvalue weighted by molar-refractivity contribution is 0.402. The molecule has 0 atom stereocenters. The molecule has 4 heteroatoms. The van der Waals surface area contributed by atoms with Crippen LogP contribution in [0.1, 0.15) is 102 Å². The van der Waals surface area contributed by atoms with E-state index < -0.39 is 0 Å². The molecule has 0 fully saturated rings. The van der Waals surface area contributed by atoms with Crippen molar-refractivity contribution in [3.05, 3.63) is 53.1 Å². The molecule has 0 saturated heterocycles. The molecule has 1 heterocycles. The summed E-state index contributed by atoms with van der Waals surface area (Å²) in [6.45, 7) is 2.28. The number of aromatic hydroxyl groups is 2. The molecule has 0 aliphatic rings. The minimum Gasteiger partial charge on any atom is -0.494 e. The number of hydrogen-bond acceptors (Lipinski definition) is 2. The maximum absolute atomic E-state index is 9.96. The van der Waals surface area contributed by atoms with E-state index in [1.165, 1.54) is 93.7 Å². The van der Waals surface area contributed by atoms with Gasteiger partial charge in [-0.25, -0.2) is 0 Å². The molecular formula is C28H42ClNO2. The smallest absolute Gasteiger partial charge is 0.198 e. The first-order valence-electron chi connectivity index (χ1n) is 12.7. The average Bonchev–Trinajstić information content (AvgIpc) is 3.12. The zero-order valence-corrected chi connectivity index (χ0v) is 20.6. The average molecular weight is 460 g/mol. The Morgan fingerprint density at radius 2 is 1.25 bits per heavy atom. The second-order valence-corrected chi connectivity index (χ2v) is 9.27. The van der Waals surface area contributed by atoms with Gasteiger partial charge < -0.3 is 10.2 Å². The lowest BCUT2D eigenvalue weighted by atomic mass is 10.0. The number of hydrogen-bond donors (Lipinski definition) is 2. The van der Waals surface area contributed by atoms with Crippen molar-refractivity contribution in [2.45, 2.75) is 103 Å². The van der Waals surface area contributed by atoms with Gasteiger partial charge in [0.1, 0.15) is 0 Å². The van der Waals surface area contributed by atoms with Gasteiger partial charge in [-0.3, -0.25) is 4.57 Å². The van der Waals surface area contributed by atoms with E-state index in [2.05, 4.69) is 19.1 Å². The fourth-order valence-corrected chi connectivity index (χ4v) is 4.34. The molecule has 0 radical (unpaired) electrons. The van der Waals surface area contributed by atoms with Crippen LogP contribution in [0.15, 0.2) is 42.5 Å². The number of halogens is 1. The Hall–Kier alpha value is -1.87. The molecular weight excluding hydrogens is 418 g/mol. The summed E-state index contributed by atoms with van der Waals surface area (Å²) in [5, 5.41) is 20.4. The normalized spacial score (nSPS) is 11.6. The zero-order chi connectivity index (χ0) is 23.0. The lowest BCUT2D eigenvalue weighted by Crippen LogP contribution is -1.96. The molecule has 1 aromatic carbocycles. The number of allylic oxidation sites excluding steroid dienone is 2. The van der Waals surface area contributed by atoms with Gasteiger partial charge in [0, 0.05) is 12.1 Å². The van der Waals surface area contributed by atoms with Crippen LogP contribution in [-0.4, -0.2) is 14.8 Å². The van der Waals surface area contributed by atoms with Crippen molar-refractivity contribution in [1.29, 1.82) is 0 Å². The summed E-state index contributed by atoms with van der Waals surface area (Å²) < 4.78 is 1.36. The molecule has 2 N–H and O–H groups in total. The highest BCUT2D eigenvalue weighted by atomic mass is 35.5. The van der Waals surface area contributed by atoms with Gasteiger partial charge in [0.2, 0.25) is 0 Å². The Balaban J connectivity index is 1.54. The second kappa shape index (κ2) is 15.9. The van der Waals surface area contributed by atoms with Gasteiger partial charge in [-0.15, -0.1) is 0 Å². The fraction of sp³-hybridized carbons (Fsp3) is 0.571. The third-order valence-electron chi connectivity index (χ3n) is 6.08. The Labute approximate surface area is 200 Å². The van der Waals surface area contributed by atoms with Crippen LogP contribution in [0.3, 0.4) is 0 Å². The number of aromatic nitrogens is 1. The van der Waals surface area contributed by atoms with Gasteiger partial charge in [0.05, 0.1) is 10.7 Å². The van der Waals surface area contributed by atoms with Crippen LogP contribution in [0.5, 0.6) is 11.8 Å². The number of unbranched alkanes of at least 4 members (excludes halogenated alkanes) is 12. The van der Waals surface area contributed by atoms with E-state index in [4.69, 9.17) is 11.6 Å². The van der Waals surface area contributed by atoms with Crippen LogP contribution in [-0.2, 0) is 6.42 Å². The molecule has 0 spiro atoms. The number of rotatable bonds is 17. The van der Waals surface area contributed by atoms with Crippen LogP contribution in [0, 0.1) is 0 Å². The van der Waals surface area contributed by atoms with E-state index in [9.17, 15) is 10.2 Å². The molecule has 0 amide bonds. The molecule has 3 nitrogen and oxygen atoms in total. The van der Waals surface area contributed by atoms with Gasteiger partial charge in [-0.05, 0) is 43.4 Å². The largest absolute Gasteiger partial charge is 0.494 e. The molecule has 1 aromatic heterocycles. The number of benzene rings is 1. The highest BCUT2D eigenvalue weighted by Crippen LogP contribution is 2.32. The summed E-state index contributed by atoms with van der Waals surface area (Å²) in [5.41, 5.74) is 1.73. The molecule has 0 aliphatic heterocycles. The maximum atomic E-state index is 9.96. The first-order chi connectivity index (χ1) is 15.6. The number of nitrogens with zero attached hydrogens (tertiary/aromatic N) is 1. The third kappa shape index (κ3) is 9.73. The Bertz CT molecular complexity index is 777. The predicted octanol–water partition coefficient (Wildman–Crippen LogP) is 9.12. The maximum Gasteiger partial charge on any atom is 0.198 e. The molecule has 0 aliphatic carbocycles. The van der Waals surface area contributed by atoms with E-state index in [0.29, 0.717) is 10.7 Å². The molecule has 178 valence electrons. The molecule has 0 bridgehead atoms. The molecule has 0 saturated carbocycles. The van der Waals surface area contributed by atoms with Gasteiger partial charge in [-0.1, -0.05) is 107 Å². The van der Waals surface area contributed by atoms with Gasteiger partial charge in [0.25, 0.3) is 0 Å². The molecule has 2 rings (SSSR count). The van der Waals surface area contributed by atoms with Gasteiger partial charge >= 0.3 is 0 Å². The van der Waals surface area contributed by atoms with Crippen LogP contribution < -0.4 is 0 Å². The molecule has 2 aromatic rings. The van der Waals surface area contributed by atoms with Crippen molar-refractivity contribution in [3.8, 4) is 17.4 Å². The predicted molar refractivity (Wildman–Crippen MR) is 137 cm³/mol. The highest BCUT2D eigenvalue weighted by molar-refractivity contribution is 6.32. The van der Waals surface area contributed by atoms with Crippen molar-refractivity contribution in [3.63, 3.8) is 0 Å². The number of aryl methyl sites for hydroxylation is 1. The van der Waals surface area contributed by atoms with E-state index in [0.717, 1.165) is 24.8 Å². The van der Waals surface area contributed by atoms with E-state index in [1.807, 2.05) is 18.2 Å². The zero-order valence-electron chi connectivity index (χ0n) is 19.9. The molecule has 0 unspecified atom stereocenters. The Morgan fingerprint density at radius 1 is 0.719 bits per heavy atom. The van der Waals surface area contributed by atoms with Gasteiger partial charge in [0.15, 0.2) is 11.8 Å². The van der Waals surface area contributed by atoms with Crippen molar-refractivity contribution in [2.75, 3.05) is 0 Å². The standard InChI is InChI=1S/C28H42ClNO2/c1-2-3-4-5-6-7-8-9-10-11-12-13-14-15-16-17-18-24-19-20-25(29)26(23-24)30-27(31)21-22-28(30)32/h15-16,19-23,31-32H,2-14,17-18H2,1H3. The monoisotopic (exact) mass is 459 g/mol. The SMILES string of the molecule is CCCCCCCCCCCCCCC=CCCc1ccc(Cl)c(-n2c(O)ccc2O)c1. The quantitative estimate of drug-likeness (QED) is 0.183. The minimum atomic E-state index is -0.0242. The summed E-state index contributed by atoms with van der Waals surface area (Å²) in [6.07, 6.45) is 24.3. The topological polar surface area (TPSA) is 45.4 Å². The van der Waals surface area contributed by atoms with Crippen LogP contribution >= 0.6 is 11.6 Å². The summed E-state index contributed by atoms with van der Waals surface area (Å²) >= 11 is 6.28. The molecule has 32 heavy (non-hydrogen) atoms. The Morgan fingerprint density at radius 3 is 1.84 bits per heavy atom. The van der Waals surface area contributed by atoms with E-state index in [-0.39, 0.29) is 11.8 Å². The van der Waals surface area contributed by atoms with Crippen LogP contribution in [0.2, 0.25) is 5.02 Å². The Kier molecular flexibility index (Phi) is 13.1. The van der Waals surface area contributed by atoms with E-state index >= 15 is 0 Å². The van der Waals surface area contributed by atoms with Crippen molar-refractivity contribution in [2.24, 2.45) is 0 Å². The second-order valence-electron chi connectivity index (χ2n) is 8.86. The fourth-order valence-electron chi connectivity index (χ4n) is 4.14. The van der Waals surface area contributed by atoms with E-state index in [1.54, 1.807) is 0 Å². The lowest BCUT2D eigenvalue weighted by Gasteiger charge is -2.11. The van der Waals surface area contributed by atoms with Crippen LogP contribution in [0.4, 0.5) is 0 Å². The van der Waals surface area contributed by atoms with Crippen LogP contribution in [0.25, 0.3) is 5.69 Å². The summed E-state index contributed by atoms with van der Waals surface area (Å²) in [7, 11) is 0. The summed E-state index contributed by atoms with van der Waals surface area (Å²) in [5.74, 6) is -0.0484. The summed E-state index contributed by atoms with van der Waals surface area (Å²) in [6, 6.07) is 8.66. The third-order valence-corrected chi connectivity index (χ3v) is 6.40. The summed E-state index contributed by atoms with van der Waals surface area (Å²) in [4.78, 5) is 0. The van der Waals surface area contributed by atoms with Crippen molar-refractivity contribution < 1.29 is 10.2 Å². The van der Waals surface area contributed by atoms with Crippen molar-refractivity contribution in [1.82, 2.24) is 4.57 Å². The highest BCUT2D eigenvalue weighted by Gasteiger charge is 2.12. The van der Waals surface area contributed by atoms with Gasteiger partial charge in [-0.2, -0.15) is 0 Å². The van der Waals surface area contributed by atoms with Crippen molar-refractivity contribution >= 4 is 11.6 Å². The minimum absolute atomic E-state index is 0.0242. The first-order valence-corrected chi connectivity index (χ1v) is 13.0. The first kappa shape index (κ1) is 26.4.